The van der Waals surface area contributed by atoms with Crippen LogP contribution in [-0.4, -0.2) is 90.6 Å². The van der Waals surface area contributed by atoms with E-state index < -0.39 is 23.4 Å². The van der Waals surface area contributed by atoms with Gasteiger partial charge in [0.05, 0.1) is 28.6 Å². The molecule has 0 radical (unpaired) electrons. The van der Waals surface area contributed by atoms with E-state index in [0.29, 0.717) is 61.1 Å². The molecule has 4 aromatic rings. The molecule has 2 saturated heterocycles. The second-order valence-corrected chi connectivity index (χ2v) is 14.2. The molecule has 13 heteroatoms. The van der Waals surface area contributed by atoms with Crippen molar-refractivity contribution in [1.82, 2.24) is 29.3 Å². The fourth-order valence-corrected chi connectivity index (χ4v) is 8.52. The number of pyridine rings is 2. The quantitative estimate of drug-likeness (QED) is 0.257. The third-order valence-electron chi connectivity index (χ3n) is 11.3. The maximum absolute atomic E-state index is 14.7. The molecule has 0 bridgehead atoms. The molecule has 11 nitrogen and oxygen atoms in total. The van der Waals surface area contributed by atoms with Crippen LogP contribution in [0.4, 0.5) is 26.0 Å². The van der Waals surface area contributed by atoms with Gasteiger partial charge in [0.1, 0.15) is 11.6 Å². The highest BCUT2D eigenvalue weighted by molar-refractivity contribution is 6.09. The zero-order valence-corrected chi connectivity index (χ0v) is 28.4. The number of benzene rings is 1. The molecule has 3 aromatic heterocycles. The van der Waals surface area contributed by atoms with Gasteiger partial charge in [-0.3, -0.25) is 9.59 Å². The van der Waals surface area contributed by atoms with Gasteiger partial charge in [-0.2, -0.15) is 13.8 Å². The molecular weight excluding hydrogens is 642 g/mol. The smallest absolute Gasteiger partial charge is 0.251 e. The number of aliphatic hydroxyl groups is 1. The number of nitrogens with zero attached hydrogens (tertiary/aromatic N) is 7. The van der Waals surface area contributed by atoms with E-state index in [4.69, 9.17) is 4.98 Å². The molecule has 2 N–H and O–H groups in total. The molecule has 2 amide bonds. The summed E-state index contributed by atoms with van der Waals surface area (Å²) >= 11 is 0. The number of fused-ring (bicyclic) bond motifs is 3. The van der Waals surface area contributed by atoms with Crippen LogP contribution in [0.5, 0.6) is 0 Å². The molecule has 4 aliphatic rings. The Hall–Kier alpha value is -4.49. The number of aliphatic hydroxyl groups excluding tert-OH is 1. The Morgan fingerprint density at radius 2 is 1.78 bits per heavy atom. The number of aromatic nitrogens is 4. The van der Waals surface area contributed by atoms with Gasteiger partial charge in [0, 0.05) is 43.0 Å². The Kier molecular flexibility index (Phi) is 8.29. The van der Waals surface area contributed by atoms with E-state index in [1.165, 1.54) is 32.3 Å². The van der Waals surface area contributed by atoms with Crippen LogP contribution in [0.15, 0.2) is 42.7 Å². The van der Waals surface area contributed by atoms with Gasteiger partial charge >= 0.3 is 0 Å². The number of likely N-dealkylation sites (tertiary alicyclic amines) is 2. The van der Waals surface area contributed by atoms with Crippen molar-refractivity contribution >= 4 is 40.0 Å². The van der Waals surface area contributed by atoms with Gasteiger partial charge in [-0.1, -0.05) is 18.6 Å². The van der Waals surface area contributed by atoms with E-state index in [0.717, 1.165) is 48.8 Å². The summed E-state index contributed by atoms with van der Waals surface area (Å²) < 4.78 is 30.2. The lowest BCUT2D eigenvalue weighted by Gasteiger charge is -2.48. The van der Waals surface area contributed by atoms with Crippen molar-refractivity contribution in [2.75, 3.05) is 36.4 Å². The number of halogens is 2. The van der Waals surface area contributed by atoms with Gasteiger partial charge in [-0.25, -0.2) is 9.97 Å². The Morgan fingerprint density at radius 3 is 2.48 bits per heavy atom. The molecule has 1 aliphatic carbocycles. The number of aryl methyl sites for hydroxylation is 1. The predicted molar refractivity (Wildman–Crippen MR) is 185 cm³/mol. The van der Waals surface area contributed by atoms with Crippen LogP contribution in [-0.2, 0) is 21.5 Å². The number of hydrogen-bond acceptors (Lipinski definition) is 8. The molecule has 1 spiro atoms. The lowest BCUT2D eigenvalue weighted by Crippen LogP contribution is -2.58. The van der Waals surface area contributed by atoms with Crippen LogP contribution in [0.3, 0.4) is 0 Å². The number of amides is 2. The first kappa shape index (κ1) is 32.7. The first-order valence-electron chi connectivity index (χ1n) is 17.8. The van der Waals surface area contributed by atoms with E-state index in [1.807, 2.05) is 40.7 Å². The number of carbonyl (C=O) groups excluding carboxylic acids is 2. The van der Waals surface area contributed by atoms with E-state index in [9.17, 15) is 23.5 Å². The van der Waals surface area contributed by atoms with Gasteiger partial charge < -0.3 is 29.7 Å². The van der Waals surface area contributed by atoms with Crippen LogP contribution in [0, 0.1) is 11.9 Å². The number of rotatable bonds is 7. The zero-order chi connectivity index (χ0) is 34.7. The molecule has 3 fully saturated rings. The summed E-state index contributed by atoms with van der Waals surface area (Å²) in [7, 11) is 0. The topological polar surface area (TPSA) is 120 Å². The molecule has 6 heterocycles. The number of hydrogen-bond donors (Lipinski definition) is 2. The van der Waals surface area contributed by atoms with Crippen molar-refractivity contribution in [1.29, 1.82) is 0 Å². The van der Waals surface area contributed by atoms with Crippen LogP contribution < -0.4 is 10.2 Å². The van der Waals surface area contributed by atoms with Crippen LogP contribution in [0.25, 0.3) is 22.3 Å². The summed E-state index contributed by atoms with van der Waals surface area (Å²) in [6, 6.07) is 10.8. The molecule has 262 valence electrons. The van der Waals surface area contributed by atoms with E-state index in [-0.39, 0.29) is 23.5 Å². The first-order valence-corrected chi connectivity index (χ1v) is 17.8. The van der Waals surface area contributed by atoms with Crippen molar-refractivity contribution in [3.8, 4) is 11.3 Å². The minimum atomic E-state index is -1.08. The summed E-state index contributed by atoms with van der Waals surface area (Å²) in [5, 5.41) is 13.0. The van der Waals surface area contributed by atoms with Gasteiger partial charge in [0.25, 0.3) is 5.91 Å². The van der Waals surface area contributed by atoms with E-state index >= 15 is 0 Å². The standard InChI is InChI=1S/C37H42F2N8O3/c1-3-44-21-40-29-20-28(42-34(32(29)44)41-27-9-10-31(38)43-33(27)39)23-7-8-26-30(17-23)47(25-18-24(19-25)45-13-5-4-6-14-45)36(50)37(26)11-15-46(16-12-37)35(49)22(2)48/h7-10,17,20-22,24-25,48H,3-6,11-16,18-19H2,1-2H3,(H,41,42)/t22-,24-,25+/m1/s1. The lowest BCUT2D eigenvalue weighted by atomic mass is 9.73. The van der Waals surface area contributed by atoms with Crippen molar-refractivity contribution in [2.24, 2.45) is 0 Å². The first-order chi connectivity index (χ1) is 24.2. The maximum Gasteiger partial charge on any atom is 0.251 e. The average molecular weight is 685 g/mol. The van der Waals surface area contributed by atoms with Crippen LogP contribution >= 0.6 is 0 Å². The Labute approximate surface area is 289 Å². The summed E-state index contributed by atoms with van der Waals surface area (Å²) in [5.41, 5.74) is 3.76. The molecule has 1 aromatic carbocycles. The average Bonchev–Trinajstić information content (AvgIpc) is 3.62. The normalized spacial score (nSPS) is 22.5. The van der Waals surface area contributed by atoms with Gasteiger partial charge in [-0.15, -0.1) is 0 Å². The number of nitrogens with one attached hydrogen (secondary N) is 1. The van der Waals surface area contributed by atoms with E-state index in [2.05, 4.69) is 20.2 Å². The van der Waals surface area contributed by atoms with Crippen LogP contribution in [0.1, 0.15) is 64.4 Å². The molecule has 8 rings (SSSR count). The number of anilines is 3. The molecule has 1 saturated carbocycles. The van der Waals surface area contributed by atoms with Crippen LogP contribution in [0.2, 0.25) is 0 Å². The van der Waals surface area contributed by atoms with Crippen molar-refractivity contribution in [3.05, 3.63) is 60.2 Å². The lowest BCUT2D eigenvalue weighted by molar-refractivity contribution is -0.142. The van der Waals surface area contributed by atoms with Crippen molar-refractivity contribution in [3.63, 3.8) is 0 Å². The number of carbonyl (C=O) groups is 2. The highest BCUT2D eigenvalue weighted by Gasteiger charge is 2.56. The number of imidazole rings is 1. The van der Waals surface area contributed by atoms with Crippen molar-refractivity contribution < 1.29 is 23.5 Å². The number of piperidine rings is 2. The molecular formula is C37H42F2N8O3. The molecule has 0 unspecified atom stereocenters. The second kappa shape index (κ2) is 12.7. The van der Waals surface area contributed by atoms with Gasteiger partial charge in [0.15, 0.2) is 5.82 Å². The van der Waals surface area contributed by atoms with E-state index in [1.54, 1.807) is 11.2 Å². The highest BCUT2D eigenvalue weighted by atomic mass is 19.1. The largest absolute Gasteiger partial charge is 0.384 e. The SMILES string of the molecule is CCn1cnc2cc(-c3ccc4c(c3)N([C@H]3C[C@@H](N5CCCCC5)C3)C(=O)C43CCN(C(=O)[C@@H](C)O)CC3)nc(Nc3ccc(F)nc3F)c21. The third kappa shape index (κ3) is 5.41. The summed E-state index contributed by atoms with van der Waals surface area (Å²) in [5.74, 6) is -1.76. The predicted octanol–water partition coefficient (Wildman–Crippen LogP) is 5.14. The fraction of sp³-hybridized carbons (Fsp3) is 0.486. The fourth-order valence-electron chi connectivity index (χ4n) is 8.52. The molecule has 1 atom stereocenters. The zero-order valence-electron chi connectivity index (χ0n) is 28.4. The highest BCUT2D eigenvalue weighted by Crippen LogP contribution is 2.52. The maximum atomic E-state index is 14.7. The Morgan fingerprint density at radius 1 is 1.02 bits per heavy atom. The molecule has 3 aliphatic heterocycles. The monoisotopic (exact) mass is 684 g/mol. The van der Waals surface area contributed by atoms with Gasteiger partial charge in [-0.05, 0) is 95.3 Å². The third-order valence-corrected chi connectivity index (χ3v) is 11.3. The second-order valence-electron chi connectivity index (χ2n) is 14.2. The summed E-state index contributed by atoms with van der Waals surface area (Å²) in [6.07, 6.45) is 7.14. The summed E-state index contributed by atoms with van der Waals surface area (Å²) in [6.45, 7) is 7.07. The molecule has 50 heavy (non-hydrogen) atoms. The Bertz CT molecular complexity index is 1960. The minimum absolute atomic E-state index is 0.0115. The van der Waals surface area contributed by atoms with Crippen molar-refractivity contribution in [2.45, 2.75) is 88.9 Å². The summed E-state index contributed by atoms with van der Waals surface area (Å²) in [4.78, 5) is 46.5. The minimum Gasteiger partial charge on any atom is -0.384 e. The van der Waals surface area contributed by atoms with Gasteiger partial charge in [0.2, 0.25) is 17.8 Å². The Balaban J connectivity index is 1.17.